The van der Waals surface area contributed by atoms with Crippen molar-refractivity contribution in [3.05, 3.63) is 28.7 Å². The van der Waals surface area contributed by atoms with Crippen molar-refractivity contribution < 1.29 is 4.79 Å². The summed E-state index contributed by atoms with van der Waals surface area (Å²) in [6, 6.07) is 8.98. The van der Waals surface area contributed by atoms with Crippen LogP contribution >= 0.6 is 15.9 Å². The molecule has 1 fully saturated rings. The minimum Gasteiger partial charge on any atom is -0.369 e. The van der Waals surface area contributed by atoms with Crippen molar-refractivity contribution >= 4 is 33.5 Å². The molecule has 2 rings (SSSR count). The summed E-state index contributed by atoms with van der Waals surface area (Å²) in [4.78, 5) is 18.5. The van der Waals surface area contributed by atoms with Crippen molar-refractivity contribution in [2.75, 3.05) is 31.6 Å². The van der Waals surface area contributed by atoms with Crippen LogP contribution in [0.25, 0.3) is 0 Å². The molecule has 3 N–H and O–H groups in total. The monoisotopic (exact) mass is 423 g/mol. The largest absolute Gasteiger partial charge is 0.369 e. The third-order valence-electron chi connectivity index (χ3n) is 4.61. The number of benzene rings is 1. The standard InChI is InChI=1S/C19H30BrN5O/c1-4-14(2)23-18(26)9-11-22-19(21-3)24-16-10-12-25(13-16)17-7-5-15(20)6-8-17/h5-8,14,16H,4,9-13H2,1-3H3,(H,23,26)(H2,21,22,24). The zero-order chi connectivity index (χ0) is 18.9. The van der Waals surface area contributed by atoms with E-state index in [1.54, 1.807) is 7.05 Å². The van der Waals surface area contributed by atoms with Crippen molar-refractivity contribution in [1.82, 2.24) is 16.0 Å². The third kappa shape index (κ3) is 6.52. The van der Waals surface area contributed by atoms with Crippen molar-refractivity contribution in [2.24, 2.45) is 4.99 Å². The Balaban J connectivity index is 1.73. The van der Waals surface area contributed by atoms with Crippen LogP contribution in [0.15, 0.2) is 33.7 Å². The first-order valence-corrected chi connectivity index (χ1v) is 10.1. The van der Waals surface area contributed by atoms with E-state index in [1.165, 1.54) is 5.69 Å². The van der Waals surface area contributed by atoms with Crippen LogP contribution in [0.1, 0.15) is 33.1 Å². The van der Waals surface area contributed by atoms with Crippen LogP contribution in [-0.4, -0.2) is 50.6 Å². The predicted octanol–water partition coefficient (Wildman–Crippen LogP) is 2.50. The molecule has 0 saturated carbocycles. The Bertz CT molecular complexity index is 604. The van der Waals surface area contributed by atoms with Gasteiger partial charge in [0, 0.05) is 55.3 Å². The van der Waals surface area contributed by atoms with Crippen LogP contribution in [0.3, 0.4) is 0 Å². The molecule has 0 bridgehead atoms. The molecule has 26 heavy (non-hydrogen) atoms. The van der Waals surface area contributed by atoms with Gasteiger partial charge in [-0.3, -0.25) is 9.79 Å². The highest BCUT2D eigenvalue weighted by molar-refractivity contribution is 9.10. The first kappa shape index (κ1) is 20.6. The average Bonchev–Trinajstić information content (AvgIpc) is 3.09. The number of carbonyl (C=O) groups is 1. The Labute approximate surface area is 165 Å². The van der Waals surface area contributed by atoms with E-state index in [0.29, 0.717) is 19.0 Å². The molecule has 2 unspecified atom stereocenters. The smallest absolute Gasteiger partial charge is 0.221 e. The Morgan fingerprint density at radius 2 is 2.12 bits per heavy atom. The summed E-state index contributed by atoms with van der Waals surface area (Å²) in [6.45, 7) is 6.62. The maximum atomic E-state index is 11.8. The van der Waals surface area contributed by atoms with Gasteiger partial charge in [0.2, 0.25) is 5.91 Å². The quantitative estimate of drug-likeness (QED) is 0.465. The second-order valence-corrected chi connectivity index (χ2v) is 7.59. The Hall–Kier alpha value is -1.76. The summed E-state index contributed by atoms with van der Waals surface area (Å²) >= 11 is 3.48. The molecule has 0 aliphatic carbocycles. The van der Waals surface area contributed by atoms with E-state index in [9.17, 15) is 4.79 Å². The molecule has 0 aromatic heterocycles. The zero-order valence-corrected chi connectivity index (χ0v) is 17.5. The minimum absolute atomic E-state index is 0.0737. The second kappa shape index (κ2) is 10.4. The molecule has 0 radical (unpaired) electrons. The van der Waals surface area contributed by atoms with Gasteiger partial charge in [0.25, 0.3) is 0 Å². The summed E-state index contributed by atoms with van der Waals surface area (Å²) in [6.07, 6.45) is 2.45. The summed E-state index contributed by atoms with van der Waals surface area (Å²) < 4.78 is 1.09. The van der Waals surface area contributed by atoms with Crippen molar-refractivity contribution in [2.45, 2.75) is 45.2 Å². The molecule has 1 aromatic rings. The average molecular weight is 424 g/mol. The zero-order valence-electron chi connectivity index (χ0n) is 15.9. The van der Waals surface area contributed by atoms with E-state index in [-0.39, 0.29) is 11.9 Å². The van der Waals surface area contributed by atoms with Crippen LogP contribution in [-0.2, 0) is 4.79 Å². The van der Waals surface area contributed by atoms with Crippen molar-refractivity contribution in [3.8, 4) is 0 Å². The van der Waals surface area contributed by atoms with E-state index in [0.717, 1.165) is 36.4 Å². The van der Waals surface area contributed by atoms with Gasteiger partial charge in [-0.05, 0) is 44.0 Å². The van der Waals surface area contributed by atoms with E-state index in [4.69, 9.17) is 0 Å². The van der Waals surface area contributed by atoms with Crippen LogP contribution in [0, 0.1) is 0 Å². The van der Waals surface area contributed by atoms with Gasteiger partial charge in [0.05, 0.1) is 0 Å². The van der Waals surface area contributed by atoms with Gasteiger partial charge < -0.3 is 20.9 Å². The number of hydrogen-bond donors (Lipinski definition) is 3. The summed E-state index contributed by atoms with van der Waals surface area (Å²) in [5, 5.41) is 9.67. The van der Waals surface area contributed by atoms with Gasteiger partial charge in [0.15, 0.2) is 5.96 Å². The molecule has 1 aromatic carbocycles. The summed E-state index contributed by atoms with van der Waals surface area (Å²) in [5.41, 5.74) is 1.24. The van der Waals surface area contributed by atoms with Gasteiger partial charge in [-0.15, -0.1) is 0 Å². The number of guanidine groups is 1. The normalized spacial score (nSPS) is 18.5. The molecule has 1 saturated heterocycles. The topological polar surface area (TPSA) is 68.8 Å². The number of rotatable bonds is 7. The second-order valence-electron chi connectivity index (χ2n) is 6.68. The fourth-order valence-electron chi connectivity index (χ4n) is 2.90. The number of aliphatic imine (C=N–C) groups is 1. The molecule has 1 aliphatic heterocycles. The lowest BCUT2D eigenvalue weighted by atomic mass is 10.2. The van der Waals surface area contributed by atoms with Gasteiger partial charge in [-0.25, -0.2) is 0 Å². The lowest BCUT2D eigenvalue weighted by molar-refractivity contribution is -0.121. The summed E-state index contributed by atoms with van der Waals surface area (Å²) in [5.74, 6) is 0.827. The van der Waals surface area contributed by atoms with Crippen LogP contribution in [0.2, 0.25) is 0 Å². The number of nitrogens with zero attached hydrogens (tertiary/aromatic N) is 2. The third-order valence-corrected chi connectivity index (χ3v) is 5.14. The number of halogens is 1. The SMILES string of the molecule is CCC(C)NC(=O)CCNC(=NC)NC1CCN(c2ccc(Br)cc2)C1. The first-order valence-electron chi connectivity index (χ1n) is 9.29. The Morgan fingerprint density at radius 1 is 1.38 bits per heavy atom. The van der Waals surface area contributed by atoms with E-state index >= 15 is 0 Å². The van der Waals surface area contributed by atoms with Gasteiger partial charge >= 0.3 is 0 Å². The minimum atomic E-state index is 0.0737. The number of anilines is 1. The number of hydrogen-bond acceptors (Lipinski definition) is 3. The predicted molar refractivity (Wildman–Crippen MR) is 112 cm³/mol. The maximum Gasteiger partial charge on any atom is 0.221 e. The Morgan fingerprint density at radius 3 is 2.77 bits per heavy atom. The van der Waals surface area contributed by atoms with Crippen LogP contribution in [0.4, 0.5) is 5.69 Å². The van der Waals surface area contributed by atoms with Gasteiger partial charge in [0.1, 0.15) is 0 Å². The van der Waals surface area contributed by atoms with E-state index in [2.05, 4.69) is 73.0 Å². The molecule has 1 amide bonds. The van der Waals surface area contributed by atoms with Gasteiger partial charge in [-0.2, -0.15) is 0 Å². The number of carbonyl (C=O) groups excluding carboxylic acids is 1. The number of nitrogens with one attached hydrogen (secondary N) is 3. The lowest BCUT2D eigenvalue weighted by Crippen LogP contribution is -2.45. The van der Waals surface area contributed by atoms with E-state index in [1.807, 2.05) is 6.92 Å². The van der Waals surface area contributed by atoms with Crippen LogP contribution in [0.5, 0.6) is 0 Å². The molecule has 2 atom stereocenters. The van der Waals surface area contributed by atoms with Crippen molar-refractivity contribution in [1.29, 1.82) is 0 Å². The molecule has 1 heterocycles. The molecule has 144 valence electrons. The van der Waals surface area contributed by atoms with Gasteiger partial charge in [-0.1, -0.05) is 22.9 Å². The van der Waals surface area contributed by atoms with Crippen molar-refractivity contribution in [3.63, 3.8) is 0 Å². The fraction of sp³-hybridized carbons (Fsp3) is 0.579. The van der Waals surface area contributed by atoms with Crippen LogP contribution < -0.4 is 20.9 Å². The molecule has 0 spiro atoms. The highest BCUT2D eigenvalue weighted by Gasteiger charge is 2.23. The lowest BCUT2D eigenvalue weighted by Gasteiger charge is -2.20. The summed E-state index contributed by atoms with van der Waals surface area (Å²) in [7, 11) is 1.76. The molecular formula is C19H30BrN5O. The number of amides is 1. The fourth-order valence-corrected chi connectivity index (χ4v) is 3.16. The molecule has 1 aliphatic rings. The van der Waals surface area contributed by atoms with E-state index < -0.39 is 0 Å². The highest BCUT2D eigenvalue weighted by Crippen LogP contribution is 2.22. The Kier molecular flexibility index (Phi) is 8.22. The highest BCUT2D eigenvalue weighted by atomic mass is 79.9. The maximum absolute atomic E-state index is 11.8. The first-order chi connectivity index (χ1) is 12.5. The molecule has 6 nitrogen and oxygen atoms in total. The molecular weight excluding hydrogens is 394 g/mol. The molecule has 7 heteroatoms.